The van der Waals surface area contributed by atoms with Crippen LogP contribution in [0.4, 0.5) is 22.1 Å². The number of hydrogen-bond donors (Lipinski definition) is 2. The molecule has 0 bridgehead atoms. The largest absolute Gasteiger partial charge is 0.444 e. The topological polar surface area (TPSA) is 94.6 Å². The van der Waals surface area contributed by atoms with Crippen molar-refractivity contribution in [2.75, 3.05) is 23.8 Å². The fourth-order valence-electron chi connectivity index (χ4n) is 3.39. The Kier molecular flexibility index (Phi) is 9.94. The van der Waals surface area contributed by atoms with Gasteiger partial charge in [0.25, 0.3) is 0 Å². The Morgan fingerprint density at radius 3 is 2.35 bits per heavy atom. The molecule has 8 heteroatoms. The quantitative estimate of drug-likeness (QED) is 0.212. The molecular weight excluding hydrogens is 468 g/mol. The average molecular weight is 503 g/mol. The molecule has 0 fully saturated rings. The zero-order valence-corrected chi connectivity index (χ0v) is 21.6. The predicted octanol–water partition coefficient (Wildman–Crippen LogP) is 6.64. The maximum Gasteiger partial charge on any atom is 0.412 e. The molecule has 1 amide bonds. The summed E-state index contributed by atoms with van der Waals surface area (Å²) in [6, 6.07) is 15.4. The Morgan fingerprint density at radius 2 is 1.65 bits per heavy atom. The van der Waals surface area contributed by atoms with Crippen molar-refractivity contribution in [3.63, 3.8) is 0 Å². The number of amides is 1. The van der Waals surface area contributed by atoms with Gasteiger partial charge in [-0.1, -0.05) is 30.4 Å². The van der Waals surface area contributed by atoms with E-state index in [1.165, 1.54) is 0 Å². The fourth-order valence-corrected chi connectivity index (χ4v) is 3.39. The van der Waals surface area contributed by atoms with Gasteiger partial charge >= 0.3 is 6.09 Å². The first-order valence-electron chi connectivity index (χ1n) is 12.0. The molecule has 0 spiro atoms. The third kappa shape index (κ3) is 9.51. The van der Waals surface area contributed by atoms with Gasteiger partial charge in [0, 0.05) is 23.1 Å². The van der Waals surface area contributed by atoms with E-state index in [4.69, 9.17) is 14.2 Å². The summed E-state index contributed by atoms with van der Waals surface area (Å²) in [6.07, 6.45) is 4.56. The van der Waals surface area contributed by atoms with E-state index in [1.807, 2.05) is 63.2 Å². The summed E-state index contributed by atoms with van der Waals surface area (Å²) in [6.45, 7) is 14.5. The monoisotopic (exact) mass is 502 g/mol. The summed E-state index contributed by atoms with van der Waals surface area (Å²) in [5, 5.41) is 6.02. The number of carbonyl (C=O) groups excluding carboxylic acids is 1. The number of aromatic nitrogens is 2. The second kappa shape index (κ2) is 13.3. The SMILES string of the molecule is C=CCOCc1cc(NC(=O)OC(C)(C)C)cc(Nc2nccc(-c3cccc(COCC=C)c3)n2)c1. The Morgan fingerprint density at radius 1 is 0.946 bits per heavy atom. The number of rotatable bonds is 12. The summed E-state index contributed by atoms with van der Waals surface area (Å²) in [5.74, 6) is 0.415. The molecule has 0 atom stereocenters. The van der Waals surface area contributed by atoms with Gasteiger partial charge in [0.15, 0.2) is 0 Å². The van der Waals surface area contributed by atoms with Crippen LogP contribution in [0.5, 0.6) is 0 Å². The van der Waals surface area contributed by atoms with Crippen molar-refractivity contribution in [2.45, 2.75) is 39.6 Å². The van der Waals surface area contributed by atoms with Crippen LogP contribution in [0.15, 0.2) is 80.0 Å². The van der Waals surface area contributed by atoms with Crippen LogP contribution < -0.4 is 10.6 Å². The van der Waals surface area contributed by atoms with Crippen molar-refractivity contribution in [1.82, 2.24) is 9.97 Å². The third-order valence-corrected chi connectivity index (χ3v) is 4.78. The highest BCUT2D eigenvalue weighted by Gasteiger charge is 2.17. The van der Waals surface area contributed by atoms with Crippen molar-refractivity contribution in [3.8, 4) is 11.3 Å². The molecule has 37 heavy (non-hydrogen) atoms. The van der Waals surface area contributed by atoms with Gasteiger partial charge in [-0.3, -0.25) is 5.32 Å². The molecule has 3 aromatic rings. The van der Waals surface area contributed by atoms with E-state index in [1.54, 1.807) is 24.4 Å². The van der Waals surface area contributed by atoms with Crippen molar-refractivity contribution in [2.24, 2.45) is 0 Å². The molecule has 194 valence electrons. The van der Waals surface area contributed by atoms with Gasteiger partial charge in [-0.2, -0.15) is 0 Å². The van der Waals surface area contributed by atoms with E-state index in [0.717, 1.165) is 22.4 Å². The van der Waals surface area contributed by atoms with Gasteiger partial charge < -0.3 is 19.5 Å². The molecule has 0 aliphatic carbocycles. The lowest BCUT2D eigenvalue weighted by Crippen LogP contribution is -2.27. The minimum atomic E-state index is -0.612. The Bertz CT molecular complexity index is 1220. The lowest BCUT2D eigenvalue weighted by atomic mass is 10.1. The molecule has 0 saturated heterocycles. The van der Waals surface area contributed by atoms with E-state index in [9.17, 15) is 4.79 Å². The second-order valence-electron chi connectivity index (χ2n) is 9.24. The highest BCUT2D eigenvalue weighted by atomic mass is 16.6. The van der Waals surface area contributed by atoms with Crippen molar-refractivity contribution in [3.05, 3.63) is 91.2 Å². The molecule has 0 aliphatic heterocycles. The van der Waals surface area contributed by atoms with Gasteiger partial charge in [0.2, 0.25) is 5.95 Å². The summed E-state index contributed by atoms with van der Waals surface area (Å²) in [4.78, 5) is 21.4. The zero-order chi connectivity index (χ0) is 26.7. The summed E-state index contributed by atoms with van der Waals surface area (Å²) in [5.41, 5.74) is 4.23. The summed E-state index contributed by atoms with van der Waals surface area (Å²) in [7, 11) is 0. The van der Waals surface area contributed by atoms with Crippen LogP contribution in [0.25, 0.3) is 11.3 Å². The number of benzene rings is 2. The van der Waals surface area contributed by atoms with Crippen LogP contribution in [0, 0.1) is 0 Å². The van der Waals surface area contributed by atoms with E-state index < -0.39 is 11.7 Å². The Hall–Kier alpha value is -4.01. The fraction of sp³-hybridized carbons (Fsp3) is 0.276. The van der Waals surface area contributed by atoms with Crippen molar-refractivity contribution in [1.29, 1.82) is 0 Å². The minimum absolute atomic E-state index is 0.339. The lowest BCUT2D eigenvalue weighted by Gasteiger charge is -2.20. The zero-order valence-electron chi connectivity index (χ0n) is 21.6. The van der Waals surface area contributed by atoms with Gasteiger partial charge in [0.1, 0.15) is 5.60 Å². The van der Waals surface area contributed by atoms with Crippen LogP contribution >= 0.6 is 0 Å². The molecule has 8 nitrogen and oxygen atoms in total. The van der Waals surface area contributed by atoms with Gasteiger partial charge in [-0.05, 0) is 62.2 Å². The summed E-state index contributed by atoms with van der Waals surface area (Å²) < 4.78 is 16.5. The smallest absolute Gasteiger partial charge is 0.412 e. The predicted molar refractivity (Wildman–Crippen MR) is 147 cm³/mol. The first kappa shape index (κ1) is 27.6. The van der Waals surface area contributed by atoms with Gasteiger partial charge in [0.05, 0.1) is 32.1 Å². The first-order valence-corrected chi connectivity index (χ1v) is 12.0. The number of nitrogens with one attached hydrogen (secondary N) is 2. The molecule has 1 heterocycles. The van der Waals surface area contributed by atoms with Crippen LogP contribution in [-0.4, -0.2) is 34.9 Å². The minimum Gasteiger partial charge on any atom is -0.444 e. The van der Waals surface area contributed by atoms with Crippen LogP contribution in [0.1, 0.15) is 31.9 Å². The highest BCUT2D eigenvalue weighted by Crippen LogP contribution is 2.25. The maximum absolute atomic E-state index is 12.3. The molecule has 0 radical (unpaired) electrons. The number of carbonyl (C=O) groups is 1. The molecule has 0 saturated carbocycles. The van der Waals surface area contributed by atoms with Crippen molar-refractivity contribution >= 4 is 23.4 Å². The lowest BCUT2D eigenvalue weighted by molar-refractivity contribution is 0.0636. The van der Waals surface area contributed by atoms with E-state index in [0.29, 0.717) is 43.8 Å². The first-order chi connectivity index (χ1) is 17.8. The standard InChI is InChI=1S/C29H34N4O4/c1-6-13-35-19-21-9-8-10-23(15-21)26-11-12-30-27(33-26)31-24-16-22(20-36-14-7-2)17-25(18-24)32-28(34)37-29(3,4)5/h6-12,15-18H,1-2,13-14,19-20H2,3-5H3,(H,32,34)(H,30,31,33). The van der Waals surface area contributed by atoms with Crippen LogP contribution in [0.2, 0.25) is 0 Å². The number of hydrogen-bond acceptors (Lipinski definition) is 7. The second-order valence-corrected chi connectivity index (χ2v) is 9.24. The van der Waals surface area contributed by atoms with Crippen molar-refractivity contribution < 1.29 is 19.0 Å². The molecule has 2 aromatic carbocycles. The normalized spacial score (nSPS) is 11.0. The highest BCUT2D eigenvalue weighted by molar-refractivity contribution is 5.86. The third-order valence-electron chi connectivity index (χ3n) is 4.78. The van der Waals surface area contributed by atoms with Crippen LogP contribution in [-0.2, 0) is 27.4 Å². The van der Waals surface area contributed by atoms with Gasteiger partial charge in [-0.25, -0.2) is 14.8 Å². The number of anilines is 3. The molecule has 2 N–H and O–H groups in total. The molecule has 3 rings (SSSR count). The molecule has 1 aromatic heterocycles. The summed E-state index contributed by atoms with van der Waals surface area (Å²) >= 11 is 0. The Labute approximate surface area is 218 Å². The van der Waals surface area contributed by atoms with Gasteiger partial charge in [-0.15, -0.1) is 13.2 Å². The molecular formula is C29H34N4O4. The van der Waals surface area contributed by atoms with E-state index in [2.05, 4.69) is 33.8 Å². The van der Waals surface area contributed by atoms with Crippen LogP contribution in [0.3, 0.4) is 0 Å². The maximum atomic E-state index is 12.3. The van der Waals surface area contributed by atoms with E-state index in [-0.39, 0.29) is 0 Å². The average Bonchev–Trinajstić information content (AvgIpc) is 2.83. The van der Waals surface area contributed by atoms with E-state index >= 15 is 0 Å². The Balaban J connectivity index is 1.81. The molecule has 0 unspecified atom stereocenters. The number of ether oxygens (including phenoxy) is 3. The molecule has 0 aliphatic rings. The number of nitrogens with zero attached hydrogens (tertiary/aromatic N) is 2.